The van der Waals surface area contributed by atoms with Crippen LogP contribution in [0.4, 0.5) is 0 Å². The van der Waals surface area contributed by atoms with Crippen LogP contribution in [0.3, 0.4) is 0 Å². The van der Waals surface area contributed by atoms with Crippen molar-refractivity contribution in [2.24, 2.45) is 0 Å². The first-order valence-electron chi connectivity index (χ1n) is 5.95. The zero-order valence-corrected chi connectivity index (χ0v) is 13.2. The van der Waals surface area contributed by atoms with E-state index < -0.39 is 0 Å². The lowest BCUT2D eigenvalue weighted by Crippen LogP contribution is -2.24. The second-order valence-electron chi connectivity index (χ2n) is 4.42. The largest absolute Gasteiger partial charge is 0.361 e. The fourth-order valence-electron chi connectivity index (χ4n) is 1.84. The van der Waals surface area contributed by atoms with Gasteiger partial charge in [0.15, 0.2) is 0 Å². The van der Waals surface area contributed by atoms with Crippen LogP contribution in [-0.4, -0.2) is 11.1 Å². The van der Waals surface area contributed by atoms with E-state index in [1.165, 1.54) is 0 Å². The molecule has 1 amide bonds. The molecule has 4 nitrogen and oxygen atoms in total. The van der Waals surface area contributed by atoms with Gasteiger partial charge in [0, 0.05) is 15.7 Å². The Morgan fingerprint density at radius 2 is 2.11 bits per heavy atom. The molecule has 0 saturated heterocycles. The van der Waals surface area contributed by atoms with Gasteiger partial charge in [-0.25, -0.2) is 0 Å². The van der Waals surface area contributed by atoms with E-state index in [0.29, 0.717) is 12.1 Å². The molecule has 0 fully saturated rings. The van der Waals surface area contributed by atoms with Crippen molar-refractivity contribution in [3.8, 4) is 0 Å². The van der Waals surface area contributed by atoms with E-state index in [1.54, 1.807) is 0 Å². The molecule has 2 rings (SSSR count). The van der Waals surface area contributed by atoms with Gasteiger partial charge in [0.25, 0.3) is 5.91 Å². The molecule has 1 aromatic heterocycles. The number of nitrogens with zero attached hydrogens (tertiary/aromatic N) is 1. The lowest BCUT2D eigenvalue weighted by molar-refractivity contribution is 0.0950. The van der Waals surface area contributed by atoms with Crippen LogP contribution in [0.15, 0.2) is 22.7 Å². The van der Waals surface area contributed by atoms with Crippen LogP contribution in [0.1, 0.15) is 32.9 Å². The second kappa shape index (κ2) is 5.73. The summed E-state index contributed by atoms with van der Waals surface area (Å²) >= 11 is 2.20. The second-order valence-corrected chi connectivity index (χ2v) is 5.50. The molecule has 5 heteroatoms. The number of benzene rings is 1. The van der Waals surface area contributed by atoms with Crippen LogP contribution in [0, 0.1) is 24.3 Å². The Morgan fingerprint density at radius 3 is 2.74 bits per heavy atom. The number of carbonyl (C=O) groups excluding carboxylic acids is 1. The van der Waals surface area contributed by atoms with Crippen molar-refractivity contribution in [3.05, 3.63) is 49.9 Å². The predicted molar refractivity (Wildman–Crippen MR) is 81.0 cm³/mol. The van der Waals surface area contributed by atoms with Gasteiger partial charge in [-0.05, 0) is 55.0 Å². The molecule has 1 N–H and O–H groups in total. The van der Waals surface area contributed by atoms with E-state index in [-0.39, 0.29) is 5.91 Å². The van der Waals surface area contributed by atoms with E-state index in [1.807, 2.05) is 39.0 Å². The summed E-state index contributed by atoms with van der Waals surface area (Å²) in [6, 6.07) is 5.71. The molecule has 0 radical (unpaired) electrons. The minimum absolute atomic E-state index is 0.0758. The molecule has 2 aromatic rings. The topological polar surface area (TPSA) is 55.1 Å². The summed E-state index contributed by atoms with van der Waals surface area (Å²) < 4.78 is 6.06. The molecule has 100 valence electrons. The number of halogens is 1. The number of aromatic nitrogens is 1. The first-order valence-corrected chi connectivity index (χ1v) is 7.03. The summed E-state index contributed by atoms with van der Waals surface area (Å²) in [5, 5.41) is 6.78. The lowest BCUT2D eigenvalue weighted by Gasteiger charge is -2.08. The molecule has 0 saturated carbocycles. The predicted octanol–water partition coefficient (Wildman–Crippen LogP) is 3.13. The van der Waals surface area contributed by atoms with E-state index in [9.17, 15) is 4.79 Å². The number of amides is 1. The maximum atomic E-state index is 12.2. The first-order chi connectivity index (χ1) is 9.00. The molecule has 0 spiro atoms. The van der Waals surface area contributed by atoms with Gasteiger partial charge >= 0.3 is 0 Å². The van der Waals surface area contributed by atoms with E-state index >= 15 is 0 Å². The Balaban J connectivity index is 2.12. The van der Waals surface area contributed by atoms with Crippen LogP contribution < -0.4 is 5.32 Å². The molecule has 0 unspecified atom stereocenters. The monoisotopic (exact) mass is 370 g/mol. The molecule has 0 bridgehead atoms. The minimum Gasteiger partial charge on any atom is -0.361 e. The third-order valence-corrected chi connectivity index (χ3v) is 4.48. The van der Waals surface area contributed by atoms with Crippen LogP contribution in [0.25, 0.3) is 0 Å². The quantitative estimate of drug-likeness (QED) is 0.845. The van der Waals surface area contributed by atoms with Crippen LogP contribution in [0.2, 0.25) is 0 Å². The Labute approximate surface area is 125 Å². The highest BCUT2D eigenvalue weighted by atomic mass is 127. The van der Waals surface area contributed by atoms with Crippen molar-refractivity contribution in [1.29, 1.82) is 0 Å². The summed E-state index contributed by atoms with van der Waals surface area (Å²) in [7, 11) is 0. The number of hydrogen-bond donors (Lipinski definition) is 1. The third kappa shape index (κ3) is 2.97. The van der Waals surface area contributed by atoms with Crippen molar-refractivity contribution >= 4 is 28.5 Å². The van der Waals surface area contributed by atoms with Gasteiger partial charge in [-0.1, -0.05) is 17.3 Å². The molecular weight excluding hydrogens is 355 g/mol. The van der Waals surface area contributed by atoms with Gasteiger partial charge in [-0.3, -0.25) is 4.79 Å². The summed E-state index contributed by atoms with van der Waals surface area (Å²) in [5.41, 5.74) is 3.56. The van der Waals surface area contributed by atoms with Crippen molar-refractivity contribution in [1.82, 2.24) is 10.5 Å². The Kier molecular flexibility index (Phi) is 4.24. The smallest absolute Gasteiger partial charge is 0.252 e. The zero-order valence-electron chi connectivity index (χ0n) is 11.1. The van der Waals surface area contributed by atoms with Gasteiger partial charge in [-0.15, -0.1) is 0 Å². The molecule has 0 aliphatic carbocycles. The van der Waals surface area contributed by atoms with Gasteiger partial charge in [0.05, 0.1) is 11.3 Å². The standard InChI is InChI=1S/C14H15IN2O2/c1-8-5-4-6-11(13(8)15)14(18)16-7-12-9(2)17-19-10(12)3/h4-6H,7H2,1-3H3,(H,16,18). The molecule has 1 heterocycles. The molecule has 0 aliphatic rings. The lowest BCUT2D eigenvalue weighted by atomic mass is 10.1. The van der Waals surface area contributed by atoms with E-state index in [4.69, 9.17) is 4.52 Å². The summed E-state index contributed by atoms with van der Waals surface area (Å²) in [5.74, 6) is 0.671. The Bertz CT molecular complexity index is 600. The Hall–Kier alpha value is -1.37. The first kappa shape index (κ1) is 14.0. The number of hydrogen-bond acceptors (Lipinski definition) is 3. The number of rotatable bonds is 3. The maximum absolute atomic E-state index is 12.2. The van der Waals surface area contributed by atoms with Gasteiger partial charge in [0.1, 0.15) is 5.76 Å². The highest BCUT2D eigenvalue weighted by molar-refractivity contribution is 14.1. The van der Waals surface area contributed by atoms with Crippen LogP contribution >= 0.6 is 22.6 Å². The van der Waals surface area contributed by atoms with Crippen LogP contribution in [0.5, 0.6) is 0 Å². The average Bonchev–Trinajstić information content (AvgIpc) is 2.70. The zero-order chi connectivity index (χ0) is 14.0. The minimum atomic E-state index is -0.0758. The van der Waals surface area contributed by atoms with Crippen molar-refractivity contribution in [3.63, 3.8) is 0 Å². The number of carbonyl (C=O) groups is 1. The van der Waals surface area contributed by atoms with Crippen molar-refractivity contribution in [2.45, 2.75) is 27.3 Å². The van der Waals surface area contributed by atoms with Gasteiger partial charge in [-0.2, -0.15) is 0 Å². The van der Waals surface area contributed by atoms with Gasteiger partial charge in [0.2, 0.25) is 0 Å². The molecule has 0 atom stereocenters. The molecule has 19 heavy (non-hydrogen) atoms. The normalized spacial score (nSPS) is 10.5. The summed E-state index contributed by atoms with van der Waals surface area (Å²) in [6.45, 7) is 6.14. The SMILES string of the molecule is Cc1cccc(C(=O)NCc2c(C)noc2C)c1I. The molecule has 0 aliphatic heterocycles. The summed E-state index contributed by atoms with van der Waals surface area (Å²) in [6.07, 6.45) is 0. The van der Waals surface area contributed by atoms with E-state index in [2.05, 4.69) is 33.1 Å². The average molecular weight is 370 g/mol. The number of aryl methyl sites for hydroxylation is 3. The fraction of sp³-hybridized carbons (Fsp3) is 0.286. The van der Waals surface area contributed by atoms with Gasteiger partial charge < -0.3 is 9.84 Å². The van der Waals surface area contributed by atoms with Crippen LogP contribution in [-0.2, 0) is 6.54 Å². The summed E-state index contributed by atoms with van der Waals surface area (Å²) in [4.78, 5) is 12.2. The Morgan fingerprint density at radius 1 is 1.37 bits per heavy atom. The maximum Gasteiger partial charge on any atom is 0.252 e. The highest BCUT2D eigenvalue weighted by Gasteiger charge is 2.13. The highest BCUT2D eigenvalue weighted by Crippen LogP contribution is 2.17. The molecular formula is C14H15IN2O2. The third-order valence-electron chi connectivity index (χ3n) is 3.04. The molecule has 1 aromatic carbocycles. The fourth-order valence-corrected chi connectivity index (χ4v) is 2.45. The van der Waals surface area contributed by atoms with E-state index in [0.717, 1.165) is 26.2 Å². The van der Waals surface area contributed by atoms with Crippen molar-refractivity contribution in [2.75, 3.05) is 0 Å². The number of nitrogens with one attached hydrogen (secondary N) is 1. The van der Waals surface area contributed by atoms with Crippen molar-refractivity contribution < 1.29 is 9.32 Å².